The molecule has 0 radical (unpaired) electrons. The van der Waals surface area contributed by atoms with Gasteiger partial charge in [0.1, 0.15) is 0 Å². The standard InChI is InChI=1S/C16H25ClOS/c1-3-5-6-13(4-2)11-15(18)12-19-16-9-7-14(17)8-10-16/h7-10,13,15,18H,3-6,11-12H2,1-2H3. The lowest BCUT2D eigenvalue weighted by atomic mass is 9.94. The summed E-state index contributed by atoms with van der Waals surface area (Å²) in [5, 5.41) is 10.9. The van der Waals surface area contributed by atoms with E-state index in [-0.39, 0.29) is 6.10 Å². The summed E-state index contributed by atoms with van der Waals surface area (Å²) in [7, 11) is 0. The Bertz CT molecular complexity index is 339. The number of aliphatic hydroxyl groups excluding tert-OH is 1. The third-order valence-electron chi connectivity index (χ3n) is 3.40. The number of rotatable bonds is 9. The molecule has 0 heterocycles. The summed E-state index contributed by atoms with van der Waals surface area (Å²) in [5.41, 5.74) is 0. The van der Waals surface area contributed by atoms with E-state index in [1.165, 1.54) is 30.6 Å². The zero-order chi connectivity index (χ0) is 14.1. The van der Waals surface area contributed by atoms with Gasteiger partial charge in [0.05, 0.1) is 6.10 Å². The largest absolute Gasteiger partial charge is 0.392 e. The highest BCUT2D eigenvalue weighted by atomic mass is 35.5. The molecule has 2 unspecified atom stereocenters. The number of unbranched alkanes of at least 4 members (excludes halogenated alkanes) is 1. The van der Waals surface area contributed by atoms with Crippen LogP contribution in [0.5, 0.6) is 0 Å². The molecular weight excluding hydrogens is 276 g/mol. The van der Waals surface area contributed by atoms with Crippen LogP contribution in [0.3, 0.4) is 0 Å². The van der Waals surface area contributed by atoms with Gasteiger partial charge in [-0.1, -0.05) is 51.1 Å². The fourth-order valence-corrected chi connectivity index (χ4v) is 3.13. The van der Waals surface area contributed by atoms with Crippen LogP contribution in [0.2, 0.25) is 5.02 Å². The van der Waals surface area contributed by atoms with Gasteiger partial charge in [-0.25, -0.2) is 0 Å². The Hall–Kier alpha value is -0.180. The topological polar surface area (TPSA) is 20.2 Å². The van der Waals surface area contributed by atoms with Crippen molar-refractivity contribution in [3.05, 3.63) is 29.3 Å². The van der Waals surface area contributed by atoms with Crippen LogP contribution in [0.15, 0.2) is 29.2 Å². The lowest BCUT2D eigenvalue weighted by molar-refractivity contribution is 0.159. The second-order valence-corrected chi connectivity index (χ2v) is 6.60. The number of hydrogen-bond donors (Lipinski definition) is 1. The number of halogens is 1. The molecule has 0 aliphatic rings. The lowest BCUT2D eigenvalue weighted by Crippen LogP contribution is -2.15. The monoisotopic (exact) mass is 300 g/mol. The van der Waals surface area contributed by atoms with Gasteiger partial charge in [0, 0.05) is 15.7 Å². The van der Waals surface area contributed by atoms with Gasteiger partial charge in [-0.15, -0.1) is 11.8 Å². The fraction of sp³-hybridized carbons (Fsp3) is 0.625. The summed E-state index contributed by atoms with van der Waals surface area (Å²) in [6, 6.07) is 7.81. The van der Waals surface area contributed by atoms with E-state index in [0.29, 0.717) is 5.92 Å². The van der Waals surface area contributed by atoms with Crippen molar-refractivity contribution in [1.29, 1.82) is 0 Å². The molecule has 19 heavy (non-hydrogen) atoms. The zero-order valence-corrected chi connectivity index (χ0v) is 13.5. The number of benzene rings is 1. The van der Waals surface area contributed by atoms with E-state index >= 15 is 0 Å². The number of thioether (sulfide) groups is 1. The summed E-state index contributed by atoms with van der Waals surface area (Å²) in [6.45, 7) is 4.44. The highest BCUT2D eigenvalue weighted by molar-refractivity contribution is 7.99. The third kappa shape index (κ3) is 7.24. The smallest absolute Gasteiger partial charge is 0.0636 e. The van der Waals surface area contributed by atoms with Crippen molar-refractivity contribution in [3.8, 4) is 0 Å². The van der Waals surface area contributed by atoms with Gasteiger partial charge in [0.2, 0.25) is 0 Å². The molecular formula is C16H25ClOS. The summed E-state index contributed by atoms with van der Waals surface area (Å²) in [6.07, 6.45) is 5.65. The van der Waals surface area contributed by atoms with E-state index < -0.39 is 0 Å². The Kier molecular flexibility index (Phi) is 8.60. The van der Waals surface area contributed by atoms with Gasteiger partial charge >= 0.3 is 0 Å². The maximum atomic E-state index is 10.1. The van der Waals surface area contributed by atoms with Gasteiger partial charge in [0.25, 0.3) is 0 Å². The molecule has 0 aliphatic heterocycles. The van der Waals surface area contributed by atoms with Crippen molar-refractivity contribution in [2.45, 2.75) is 57.0 Å². The Balaban J connectivity index is 2.29. The summed E-state index contributed by atoms with van der Waals surface area (Å²) >= 11 is 7.56. The van der Waals surface area contributed by atoms with E-state index in [0.717, 1.165) is 17.2 Å². The Morgan fingerprint density at radius 3 is 2.47 bits per heavy atom. The highest BCUT2D eigenvalue weighted by Gasteiger charge is 2.13. The molecule has 2 atom stereocenters. The molecule has 3 heteroatoms. The quantitative estimate of drug-likeness (QED) is 0.616. The SMILES string of the molecule is CCCCC(CC)CC(O)CSc1ccc(Cl)cc1. The molecule has 1 aromatic rings. The molecule has 0 bridgehead atoms. The molecule has 0 amide bonds. The molecule has 0 saturated heterocycles. The van der Waals surface area contributed by atoms with E-state index in [4.69, 9.17) is 11.6 Å². The molecule has 1 aromatic carbocycles. The molecule has 0 saturated carbocycles. The molecule has 108 valence electrons. The molecule has 0 spiro atoms. The maximum absolute atomic E-state index is 10.1. The first-order chi connectivity index (χ1) is 9.15. The second-order valence-electron chi connectivity index (χ2n) is 5.07. The molecule has 0 aromatic heterocycles. The highest BCUT2D eigenvalue weighted by Crippen LogP contribution is 2.24. The van der Waals surface area contributed by atoms with Crippen LogP contribution in [-0.4, -0.2) is 17.0 Å². The van der Waals surface area contributed by atoms with Crippen molar-refractivity contribution in [3.63, 3.8) is 0 Å². The number of hydrogen-bond acceptors (Lipinski definition) is 2. The van der Waals surface area contributed by atoms with E-state index in [1.807, 2.05) is 24.3 Å². The van der Waals surface area contributed by atoms with E-state index in [1.54, 1.807) is 11.8 Å². The predicted octanol–water partition coefficient (Wildman–Crippen LogP) is 5.40. The fourth-order valence-electron chi connectivity index (χ4n) is 2.16. The van der Waals surface area contributed by atoms with E-state index in [9.17, 15) is 5.11 Å². The van der Waals surface area contributed by atoms with Crippen molar-refractivity contribution in [1.82, 2.24) is 0 Å². The van der Waals surface area contributed by atoms with Gasteiger partial charge in [-0.2, -0.15) is 0 Å². The van der Waals surface area contributed by atoms with Gasteiger partial charge in [0.15, 0.2) is 0 Å². The summed E-state index contributed by atoms with van der Waals surface area (Å²) in [4.78, 5) is 1.17. The second kappa shape index (κ2) is 9.68. The summed E-state index contributed by atoms with van der Waals surface area (Å²) in [5.74, 6) is 1.44. The molecule has 1 N–H and O–H groups in total. The first kappa shape index (κ1) is 16.9. The predicted molar refractivity (Wildman–Crippen MR) is 86.1 cm³/mol. The Morgan fingerprint density at radius 2 is 1.89 bits per heavy atom. The zero-order valence-electron chi connectivity index (χ0n) is 11.9. The molecule has 1 nitrogen and oxygen atoms in total. The lowest BCUT2D eigenvalue weighted by Gasteiger charge is -2.18. The maximum Gasteiger partial charge on any atom is 0.0636 e. The number of aliphatic hydroxyl groups is 1. The van der Waals surface area contributed by atoms with Crippen molar-refractivity contribution in [2.75, 3.05) is 5.75 Å². The Labute approximate surface area is 126 Å². The van der Waals surface area contributed by atoms with Crippen LogP contribution < -0.4 is 0 Å². The minimum atomic E-state index is -0.206. The average molecular weight is 301 g/mol. The first-order valence-electron chi connectivity index (χ1n) is 7.22. The molecule has 0 aliphatic carbocycles. The molecule has 1 rings (SSSR count). The molecule has 0 fully saturated rings. The van der Waals surface area contributed by atoms with Crippen molar-refractivity contribution < 1.29 is 5.11 Å². The van der Waals surface area contributed by atoms with Crippen LogP contribution in [0.25, 0.3) is 0 Å². The van der Waals surface area contributed by atoms with Gasteiger partial charge in [-0.3, -0.25) is 0 Å². The van der Waals surface area contributed by atoms with Crippen LogP contribution in [-0.2, 0) is 0 Å². The van der Waals surface area contributed by atoms with Crippen LogP contribution in [0.4, 0.5) is 0 Å². The van der Waals surface area contributed by atoms with Crippen LogP contribution in [0, 0.1) is 5.92 Å². The minimum Gasteiger partial charge on any atom is -0.392 e. The van der Waals surface area contributed by atoms with Gasteiger partial charge in [-0.05, 0) is 36.6 Å². The third-order valence-corrected chi connectivity index (χ3v) is 4.81. The van der Waals surface area contributed by atoms with Crippen molar-refractivity contribution in [2.24, 2.45) is 5.92 Å². The van der Waals surface area contributed by atoms with Crippen LogP contribution >= 0.6 is 23.4 Å². The average Bonchev–Trinajstić information content (AvgIpc) is 2.42. The van der Waals surface area contributed by atoms with Crippen molar-refractivity contribution >= 4 is 23.4 Å². The normalized spacial score (nSPS) is 14.3. The Morgan fingerprint density at radius 1 is 1.21 bits per heavy atom. The minimum absolute atomic E-state index is 0.206. The van der Waals surface area contributed by atoms with Crippen LogP contribution in [0.1, 0.15) is 46.0 Å². The van der Waals surface area contributed by atoms with E-state index in [2.05, 4.69) is 13.8 Å². The first-order valence-corrected chi connectivity index (χ1v) is 8.58. The summed E-state index contributed by atoms with van der Waals surface area (Å²) < 4.78 is 0. The van der Waals surface area contributed by atoms with Gasteiger partial charge < -0.3 is 5.11 Å².